The number of rotatable bonds is 14. The standard InChI is InChI=1S/C32H41N7O3S/c1-39-18-16-26(17-19-39)42-27-12-7-10-24(20-27)22-30(41)36-32-38-37-31(43-32)13-6-5-11-25(33)14-15-28(34)35-29(40)21-23-8-3-2-4-9-23/h2-4,7-10,12,14-15,20,26H,5-6,11,13,16-19,21-22,33-34H2,1H3,(H,35,40)(H,36,38,41)/b25-14-,28-15+. The van der Waals surface area contributed by atoms with Crippen LogP contribution in [0.5, 0.6) is 5.75 Å². The Labute approximate surface area is 257 Å². The van der Waals surface area contributed by atoms with E-state index in [-0.39, 0.29) is 36.6 Å². The van der Waals surface area contributed by atoms with Crippen molar-refractivity contribution in [1.82, 2.24) is 20.4 Å². The predicted octanol–water partition coefficient (Wildman–Crippen LogP) is 3.91. The van der Waals surface area contributed by atoms with Crippen molar-refractivity contribution in [3.8, 4) is 5.75 Å². The molecule has 43 heavy (non-hydrogen) atoms. The molecule has 1 saturated heterocycles. The molecule has 0 atom stereocenters. The molecule has 11 heteroatoms. The number of nitrogens with zero attached hydrogens (tertiary/aromatic N) is 3. The number of aryl methyl sites for hydroxylation is 1. The average Bonchev–Trinajstić information content (AvgIpc) is 3.43. The average molecular weight is 604 g/mol. The van der Waals surface area contributed by atoms with E-state index in [1.807, 2.05) is 54.6 Å². The molecular formula is C32H41N7O3S. The summed E-state index contributed by atoms with van der Waals surface area (Å²) in [4.78, 5) is 27.1. The largest absolute Gasteiger partial charge is 0.490 e. The number of ether oxygens (including phenoxy) is 1. The lowest BCUT2D eigenvalue weighted by molar-refractivity contribution is -0.119. The van der Waals surface area contributed by atoms with Crippen molar-refractivity contribution in [2.45, 2.75) is 57.5 Å². The van der Waals surface area contributed by atoms with Gasteiger partial charge in [0.05, 0.1) is 12.8 Å². The molecule has 1 fully saturated rings. The van der Waals surface area contributed by atoms with E-state index in [2.05, 4.69) is 32.8 Å². The third-order valence-electron chi connectivity index (χ3n) is 7.02. The summed E-state index contributed by atoms with van der Waals surface area (Å²) < 4.78 is 6.15. The van der Waals surface area contributed by atoms with Crippen molar-refractivity contribution in [2.24, 2.45) is 11.5 Å². The summed E-state index contributed by atoms with van der Waals surface area (Å²) in [5.41, 5.74) is 14.5. The summed E-state index contributed by atoms with van der Waals surface area (Å²) in [6.45, 7) is 2.07. The van der Waals surface area contributed by atoms with Crippen molar-refractivity contribution in [2.75, 3.05) is 25.5 Å². The van der Waals surface area contributed by atoms with Gasteiger partial charge in [-0.3, -0.25) is 9.59 Å². The molecule has 228 valence electrons. The summed E-state index contributed by atoms with van der Waals surface area (Å²) >= 11 is 1.38. The van der Waals surface area contributed by atoms with Gasteiger partial charge in [0.2, 0.25) is 16.9 Å². The molecule has 0 aliphatic carbocycles. The summed E-state index contributed by atoms with van der Waals surface area (Å²) in [5, 5.41) is 15.2. The van der Waals surface area contributed by atoms with Crippen LogP contribution < -0.4 is 26.8 Å². The van der Waals surface area contributed by atoms with Gasteiger partial charge in [-0.05, 0) is 74.6 Å². The number of nitrogens with one attached hydrogen (secondary N) is 2. The fraction of sp³-hybridized carbons (Fsp3) is 0.375. The lowest BCUT2D eigenvalue weighted by Crippen LogP contribution is -2.35. The highest BCUT2D eigenvalue weighted by Crippen LogP contribution is 2.21. The molecule has 3 aromatic rings. The number of allylic oxidation sites excluding steroid dienone is 3. The molecule has 2 amide bonds. The van der Waals surface area contributed by atoms with E-state index in [1.54, 1.807) is 12.2 Å². The number of likely N-dealkylation sites (tertiary alicyclic amines) is 1. The highest BCUT2D eigenvalue weighted by Gasteiger charge is 2.18. The second-order valence-electron chi connectivity index (χ2n) is 10.8. The number of hydrogen-bond acceptors (Lipinski definition) is 9. The van der Waals surface area contributed by atoms with Crippen molar-refractivity contribution < 1.29 is 14.3 Å². The van der Waals surface area contributed by atoms with Crippen LogP contribution in [-0.4, -0.2) is 53.2 Å². The van der Waals surface area contributed by atoms with Crippen LogP contribution >= 0.6 is 11.3 Å². The summed E-state index contributed by atoms with van der Waals surface area (Å²) in [6.07, 6.45) is 9.20. The third kappa shape index (κ3) is 11.5. The number of anilines is 1. The van der Waals surface area contributed by atoms with Crippen molar-refractivity contribution >= 4 is 28.3 Å². The second-order valence-corrected chi connectivity index (χ2v) is 11.8. The van der Waals surface area contributed by atoms with Crippen LogP contribution in [0.4, 0.5) is 5.13 Å². The Kier molecular flexibility index (Phi) is 12.1. The van der Waals surface area contributed by atoms with E-state index in [4.69, 9.17) is 16.2 Å². The number of amides is 2. The highest BCUT2D eigenvalue weighted by atomic mass is 32.1. The molecule has 0 radical (unpaired) electrons. The first-order chi connectivity index (χ1) is 20.8. The van der Waals surface area contributed by atoms with Gasteiger partial charge in [0.15, 0.2) is 0 Å². The zero-order chi connectivity index (χ0) is 30.4. The van der Waals surface area contributed by atoms with Gasteiger partial charge in [0.25, 0.3) is 0 Å². The predicted molar refractivity (Wildman–Crippen MR) is 170 cm³/mol. The Balaban J connectivity index is 1.13. The van der Waals surface area contributed by atoms with Gasteiger partial charge >= 0.3 is 0 Å². The minimum Gasteiger partial charge on any atom is -0.490 e. The minimum absolute atomic E-state index is 0.138. The fourth-order valence-electron chi connectivity index (χ4n) is 4.69. The Bertz CT molecular complexity index is 1400. The fourth-order valence-corrected chi connectivity index (χ4v) is 5.49. The van der Waals surface area contributed by atoms with E-state index in [1.165, 1.54) is 11.3 Å². The number of piperidine rings is 1. The van der Waals surface area contributed by atoms with Crippen LogP contribution in [0.2, 0.25) is 0 Å². The number of carbonyl (C=O) groups excluding carboxylic acids is 2. The molecule has 0 saturated carbocycles. The van der Waals surface area contributed by atoms with Gasteiger partial charge in [0, 0.05) is 25.2 Å². The third-order valence-corrected chi connectivity index (χ3v) is 7.92. The number of nitrogens with two attached hydrogens (primary N) is 2. The van der Waals surface area contributed by atoms with Gasteiger partial charge in [-0.1, -0.05) is 53.8 Å². The number of aromatic nitrogens is 2. The molecule has 2 heterocycles. The maximum atomic E-state index is 12.6. The summed E-state index contributed by atoms with van der Waals surface area (Å²) in [5.74, 6) is 0.738. The number of carbonyl (C=O) groups is 2. The Hall–Kier alpha value is -4.22. The molecule has 0 spiro atoms. The topological polar surface area (TPSA) is 148 Å². The van der Waals surface area contributed by atoms with E-state index in [0.717, 1.165) is 67.1 Å². The zero-order valence-corrected chi connectivity index (χ0v) is 25.4. The minimum atomic E-state index is -0.179. The van der Waals surface area contributed by atoms with Gasteiger partial charge in [-0.2, -0.15) is 0 Å². The molecule has 0 bridgehead atoms. The number of benzene rings is 2. The van der Waals surface area contributed by atoms with Crippen LogP contribution in [-0.2, 0) is 28.9 Å². The normalized spacial score (nSPS) is 14.8. The summed E-state index contributed by atoms with van der Waals surface area (Å²) in [7, 11) is 2.13. The molecule has 6 N–H and O–H groups in total. The first kappa shape index (κ1) is 31.7. The van der Waals surface area contributed by atoms with Crippen molar-refractivity contribution in [1.29, 1.82) is 0 Å². The molecular weight excluding hydrogens is 562 g/mol. The summed E-state index contributed by atoms with van der Waals surface area (Å²) in [6, 6.07) is 17.2. The molecule has 4 rings (SSSR count). The zero-order valence-electron chi connectivity index (χ0n) is 24.6. The lowest BCUT2D eigenvalue weighted by Gasteiger charge is -2.29. The Morgan fingerprint density at radius 3 is 2.51 bits per heavy atom. The maximum absolute atomic E-state index is 12.6. The molecule has 1 aliphatic heterocycles. The van der Waals surface area contributed by atoms with Crippen LogP contribution in [0.25, 0.3) is 0 Å². The van der Waals surface area contributed by atoms with Crippen LogP contribution in [0.1, 0.15) is 48.2 Å². The Morgan fingerprint density at radius 1 is 0.977 bits per heavy atom. The van der Waals surface area contributed by atoms with Gasteiger partial charge in [-0.15, -0.1) is 10.2 Å². The SMILES string of the molecule is CN1CCC(Oc2cccc(CC(=O)Nc3nnc(CCCC/C(N)=C/C=C(\N)NC(=O)Cc4ccccc4)s3)c2)CC1. The molecule has 10 nitrogen and oxygen atoms in total. The first-order valence-electron chi connectivity index (χ1n) is 14.6. The van der Waals surface area contributed by atoms with Crippen LogP contribution in [0.15, 0.2) is 78.3 Å². The van der Waals surface area contributed by atoms with Crippen LogP contribution in [0, 0.1) is 0 Å². The Morgan fingerprint density at radius 2 is 1.72 bits per heavy atom. The quantitative estimate of drug-likeness (QED) is 0.160. The van der Waals surface area contributed by atoms with Gasteiger partial charge < -0.3 is 31.7 Å². The molecule has 0 unspecified atom stereocenters. The van der Waals surface area contributed by atoms with E-state index >= 15 is 0 Å². The van der Waals surface area contributed by atoms with Gasteiger partial charge in [-0.25, -0.2) is 0 Å². The van der Waals surface area contributed by atoms with Crippen molar-refractivity contribution in [3.05, 3.63) is 94.4 Å². The van der Waals surface area contributed by atoms with E-state index < -0.39 is 0 Å². The second kappa shape index (κ2) is 16.4. The van der Waals surface area contributed by atoms with Gasteiger partial charge in [0.1, 0.15) is 22.7 Å². The number of unbranched alkanes of at least 4 members (excludes halogenated alkanes) is 1. The molecule has 2 aromatic carbocycles. The maximum Gasteiger partial charge on any atom is 0.230 e. The van der Waals surface area contributed by atoms with E-state index in [9.17, 15) is 9.59 Å². The monoisotopic (exact) mass is 603 g/mol. The van der Waals surface area contributed by atoms with E-state index in [0.29, 0.717) is 17.2 Å². The van der Waals surface area contributed by atoms with Crippen molar-refractivity contribution in [3.63, 3.8) is 0 Å². The highest BCUT2D eigenvalue weighted by molar-refractivity contribution is 7.15. The first-order valence-corrected chi connectivity index (χ1v) is 15.5. The smallest absolute Gasteiger partial charge is 0.230 e. The number of hydrogen-bond donors (Lipinski definition) is 4. The van der Waals surface area contributed by atoms with Crippen LogP contribution in [0.3, 0.4) is 0 Å². The lowest BCUT2D eigenvalue weighted by atomic mass is 10.1. The molecule has 1 aromatic heterocycles. The molecule has 1 aliphatic rings.